The molecule has 9 heteroatoms. The number of carbonyl (C=O) groups excluding carboxylic acids is 3. The topological polar surface area (TPSA) is 102 Å². The number of thioether (sulfide) groups is 1. The monoisotopic (exact) mass is 530 g/mol. The van der Waals surface area contributed by atoms with Gasteiger partial charge in [0.2, 0.25) is 17.7 Å². The molecule has 1 aromatic rings. The molecule has 0 aromatic heterocycles. The zero-order chi connectivity index (χ0) is 26.9. The summed E-state index contributed by atoms with van der Waals surface area (Å²) in [6.45, 7) is 12.4. The molecule has 4 rings (SSSR count). The second-order valence-electron chi connectivity index (χ2n) is 10.5. The number of hydrogen-bond acceptors (Lipinski definition) is 6. The molecule has 8 nitrogen and oxygen atoms in total. The molecule has 1 spiro atoms. The minimum absolute atomic E-state index is 0.0146. The molecule has 7 atom stereocenters. The van der Waals surface area contributed by atoms with Crippen LogP contribution in [0.4, 0.5) is 11.4 Å². The fourth-order valence-electron chi connectivity index (χ4n) is 6.79. The summed E-state index contributed by atoms with van der Waals surface area (Å²) in [6.07, 6.45) is 2.15. The van der Waals surface area contributed by atoms with Gasteiger partial charge in [-0.3, -0.25) is 14.4 Å². The van der Waals surface area contributed by atoms with Gasteiger partial charge in [-0.05, 0) is 63.3 Å². The fourth-order valence-corrected chi connectivity index (χ4v) is 9.20. The minimum atomic E-state index is -0.751. The number of nitrogens with one attached hydrogen (secondary N) is 2. The first kappa shape index (κ1) is 27.8. The van der Waals surface area contributed by atoms with Crippen LogP contribution < -0.4 is 15.5 Å². The van der Waals surface area contributed by atoms with E-state index in [1.807, 2.05) is 38.1 Å². The number of rotatable bonds is 11. The lowest BCUT2D eigenvalue weighted by Crippen LogP contribution is -2.57. The van der Waals surface area contributed by atoms with Gasteiger partial charge in [-0.2, -0.15) is 0 Å². The van der Waals surface area contributed by atoms with Crippen LogP contribution in [-0.4, -0.2) is 76.0 Å². The van der Waals surface area contributed by atoms with Crippen LogP contribution in [0.25, 0.3) is 0 Å². The van der Waals surface area contributed by atoms with Crippen LogP contribution in [0.3, 0.4) is 0 Å². The standard InChI is InChI=1S/C28H42N4O4S/c1-6-14-29-25(34)22-21-15-17(5)28(37-21)23(22)27(36)32(19(7-2)16-33)24(28)26(35)30-18-10-12-20(13-11-18)31(8-3)9-4/h10-13,17,19,21-24,33H,6-9,14-16H2,1-5H3,(H,29,34)(H,30,35)/t17?,19-,21-,22+,23-,24?,28?/m0/s1. The van der Waals surface area contributed by atoms with Gasteiger partial charge >= 0.3 is 0 Å². The van der Waals surface area contributed by atoms with Crippen LogP contribution in [-0.2, 0) is 14.4 Å². The predicted octanol–water partition coefficient (Wildman–Crippen LogP) is 3.11. The molecule has 3 amide bonds. The molecule has 37 heavy (non-hydrogen) atoms. The number of aliphatic hydroxyl groups excluding tert-OH is 1. The van der Waals surface area contributed by atoms with Crippen LogP contribution in [0.15, 0.2) is 24.3 Å². The van der Waals surface area contributed by atoms with Gasteiger partial charge in [-0.1, -0.05) is 20.8 Å². The molecule has 3 fully saturated rings. The van der Waals surface area contributed by atoms with E-state index in [4.69, 9.17) is 0 Å². The number of nitrogens with zero attached hydrogens (tertiary/aromatic N) is 2. The second-order valence-corrected chi connectivity index (χ2v) is 12.1. The normalized spacial score (nSPS) is 30.8. The summed E-state index contributed by atoms with van der Waals surface area (Å²) in [5.74, 6) is -1.43. The predicted molar refractivity (Wildman–Crippen MR) is 149 cm³/mol. The summed E-state index contributed by atoms with van der Waals surface area (Å²) in [5.41, 5.74) is 1.76. The average molecular weight is 531 g/mol. The molecule has 1 aromatic carbocycles. The lowest BCUT2D eigenvalue weighted by molar-refractivity contribution is -0.142. The highest BCUT2D eigenvalue weighted by Gasteiger charge is 2.76. The van der Waals surface area contributed by atoms with Gasteiger partial charge in [0.15, 0.2) is 0 Å². The molecule has 0 aliphatic carbocycles. The fraction of sp³-hybridized carbons (Fsp3) is 0.679. The summed E-state index contributed by atoms with van der Waals surface area (Å²) in [7, 11) is 0. The first-order valence-electron chi connectivity index (χ1n) is 13.8. The van der Waals surface area contributed by atoms with Crippen molar-refractivity contribution in [2.45, 2.75) is 76.0 Å². The van der Waals surface area contributed by atoms with Crippen molar-refractivity contribution < 1.29 is 19.5 Å². The number of aliphatic hydroxyl groups is 1. The molecular weight excluding hydrogens is 488 g/mol. The maximum atomic E-state index is 14.1. The van der Waals surface area contributed by atoms with E-state index < -0.39 is 28.7 Å². The lowest BCUT2D eigenvalue weighted by atomic mass is 9.66. The van der Waals surface area contributed by atoms with E-state index in [1.165, 1.54) is 0 Å². The van der Waals surface area contributed by atoms with E-state index in [9.17, 15) is 19.5 Å². The van der Waals surface area contributed by atoms with Gasteiger partial charge < -0.3 is 25.5 Å². The summed E-state index contributed by atoms with van der Waals surface area (Å²) >= 11 is 1.66. The number of fused-ring (bicyclic) bond motifs is 1. The van der Waals surface area contributed by atoms with E-state index >= 15 is 0 Å². The molecule has 3 aliphatic heterocycles. The highest BCUT2D eigenvalue weighted by atomic mass is 32.2. The van der Waals surface area contributed by atoms with Gasteiger partial charge in [-0.25, -0.2) is 0 Å². The van der Waals surface area contributed by atoms with Crippen molar-refractivity contribution in [1.82, 2.24) is 10.2 Å². The van der Waals surface area contributed by atoms with Crippen LogP contribution in [0.1, 0.15) is 53.9 Å². The molecule has 3 unspecified atom stereocenters. The Kier molecular flexibility index (Phi) is 8.43. The van der Waals surface area contributed by atoms with E-state index in [0.717, 1.165) is 31.6 Å². The Morgan fingerprint density at radius 1 is 1.16 bits per heavy atom. The average Bonchev–Trinajstić information content (AvgIpc) is 3.49. The molecule has 0 saturated carbocycles. The molecule has 3 aliphatic rings. The number of hydrogen-bond donors (Lipinski definition) is 3. The SMILES string of the molecule is CCCNC(=O)[C@@H]1[C@@H]2CC(C)C3(S2)C(C(=O)Nc2ccc(N(CC)CC)cc2)N([C@@H](CC)CO)C(=O)[C@H]13. The maximum absolute atomic E-state index is 14.1. The van der Waals surface area contributed by atoms with Gasteiger partial charge in [0.25, 0.3) is 0 Å². The van der Waals surface area contributed by atoms with E-state index in [0.29, 0.717) is 18.7 Å². The molecule has 0 radical (unpaired) electrons. The highest BCUT2D eigenvalue weighted by molar-refractivity contribution is 8.02. The van der Waals surface area contributed by atoms with Crippen molar-refractivity contribution in [2.24, 2.45) is 17.8 Å². The van der Waals surface area contributed by atoms with Crippen LogP contribution in [0, 0.1) is 17.8 Å². The summed E-state index contributed by atoms with van der Waals surface area (Å²) in [5, 5.41) is 16.3. The third kappa shape index (κ3) is 4.52. The van der Waals surface area contributed by atoms with Crippen molar-refractivity contribution in [3.63, 3.8) is 0 Å². The minimum Gasteiger partial charge on any atom is -0.394 e. The van der Waals surface area contributed by atoms with E-state index in [1.54, 1.807) is 16.7 Å². The Bertz CT molecular complexity index is 996. The summed E-state index contributed by atoms with van der Waals surface area (Å²) in [4.78, 5) is 45.2. The third-order valence-corrected chi connectivity index (χ3v) is 10.7. The summed E-state index contributed by atoms with van der Waals surface area (Å²) in [6, 6.07) is 6.56. The van der Waals surface area contributed by atoms with E-state index in [-0.39, 0.29) is 35.5 Å². The van der Waals surface area contributed by atoms with Crippen LogP contribution in [0.2, 0.25) is 0 Å². The lowest BCUT2D eigenvalue weighted by Gasteiger charge is -2.40. The van der Waals surface area contributed by atoms with Crippen molar-refractivity contribution >= 4 is 40.9 Å². The molecule has 3 N–H and O–H groups in total. The van der Waals surface area contributed by atoms with E-state index in [2.05, 4.69) is 36.3 Å². The van der Waals surface area contributed by atoms with Crippen molar-refractivity contribution in [3.05, 3.63) is 24.3 Å². The number of likely N-dealkylation sites (tertiary alicyclic amines) is 1. The van der Waals surface area contributed by atoms with Crippen molar-refractivity contribution in [2.75, 3.05) is 36.5 Å². The third-order valence-electron chi connectivity index (χ3n) is 8.62. The largest absolute Gasteiger partial charge is 0.394 e. The molecule has 2 bridgehead atoms. The number of carbonyl (C=O) groups is 3. The quantitative estimate of drug-likeness (QED) is 0.406. The van der Waals surface area contributed by atoms with Gasteiger partial charge in [-0.15, -0.1) is 11.8 Å². The number of benzene rings is 1. The van der Waals surface area contributed by atoms with Gasteiger partial charge in [0.1, 0.15) is 6.04 Å². The van der Waals surface area contributed by atoms with Crippen LogP contribution in [0.5, 0.6) is 0 Å². The van der Waals surface area contributed by atoms with Gasteiger partial charge in [0, 0.05) is 36.3 Å². The zero-order valence-electron chi connectivity index (χ0n) is 22.7. The molecule has 204 valence electrons. The van der Waals surface area contributed by atoms with Gasteiger partial charge in [0.05, 0.1) is 29.2 Å². The highest BCUT2D eigenvalue weighted by Crippen LogP contribution is 2.68. The first-order chi connectivity index (χ1) is 17.8. The number of amides is 3. The Morgan fingerprint density at radius 3 is 2.41 bits per heavy atom. The zero-order valence-corrected chi connectivity index (χ0v) is 23.5. The smallest absolute Gasteiger partial charge is 0.248 e. The number of anilines is 2. The van der Waals surface area contributed by atoms with Crippen molar-refractivity contribution in [1.29, 1.82) is 0 Å². The summed E-state index contributed by atoms with van der Waals surface area (Å²) < 4.78 is -0.691. The maximum Gasteiger partial charge on any atom is 0.248 e. The van der Waals surface area contributed by atoms with Crippen LogP contribution >= 0.6 is 11.8 Å². The Hall–Kier alpha value is -2.26. The molecule has 3 saturated heterocycles. The Morgan fingerprint density at radius 2 is 1.84 bits per heavy atom. The Labute approximate surface area is 224 Å². The molecular formula is C28H42N4O4S. The molecule has 3 heterocycles. The van der Waals surface area contributed by atoms with Crippen molar-refractivity contribution in [3.8, 4) is 0 Å². The second kappa shape index (κ2) is 11.2. The Balaban J connectivity index is 1.68. The first-order valence-corrected chi connectivity index (χ1v) is 14.7.